The maximum atomic E-state index is 12.6. The van der Waals surface area contributed by atoms with Crippen molar-refractivity contribution in [2.45, 2.75) is 212 Å². The van der Waals surface area contributed by atoms with Crippen molar-refractivity contribution in [3.05, 3.63) is 24.3 Å². The van der Waals surface area contributed by atoms with Gasteiger partial charge in [-0.05, 0) is 51.4 Å². The summed E-state index contributed by atoms with van der Waals surface area (Å²) < 4.78 is 17.2. The molecule has 2 unspecified atom stereocenters. The van der Waals surface area contributed by atoms with E-state index in [1.807, 2.05) is 27.2 Å². The van der Waals surface area contributed by atoms with Gasteiger partial charge < -0.3 is 23.8 Å². The minimum absolute atomic E-state index is 0.0466. The molecule has 0 rings (SSSR count). The Hall–Kier alpha value is -2.19. The van der Waals surface area contributed by atoms with Crippen molar-refractivity contribution in [3.63, 3.8) is 0 Å². The second kappa shape index (κ2) is 37.7. The van der Waals surface area contributed by atoms with E-state index in [4.69, 9.17) is 14.2 Å². The van der Waals surface area contributed by atoms with E-state index in [1.54, 1.807) is 0 Å². The van der Waals surface area contributed by atoms with Crippen LogP contribution in [-0.4, -0.2) is 80.6 Å². The van der Waals surface area contributed by atoms with Crippen molar-refractivity contribution < 1.29 is 38.2 Å². The third-order valence-electron chi connectivity index (χ3n) is 10.1. The molecule has 0 bridgehead atoms. The minimum atomic E-state index is -0.880. The lowest BCUT2D eigenvalue weighted by molar-refractivity contribution is -0.887. The van der Waals surface area contributed by atoms with E-state index in [9.17, 15) is 19.5 Å². The number of nitrogens with zero attached hydrogens (tertiary/aromatic N) is 1. The number of aliphatic carboxylic acids is 1. The fourth-order valence-corrected chi connectivity index (χ4v) is 6.57. The molecule has 1 N–H and O–H groups in total. The molecule has 0 saturated heterocycles. The van der Waals surface area contributed by atoms with Crippen LogP contribution in [0.15, 0.2) is 24.3 Å². The molecule has 0 aromatic carbocycles. The van der Waals surface area contributed by atoms with Crippen LogP contribution in [0.4, 0.5) is 0 Å². The van der Waals surface area contributed by atoms with Gasteiger partial charge >= 0.3 is 17.9 Å². The van der Waals surface area contributed by atoms with Crippen LogP contribution in [0.25, 0.3) is 0 Å². The second-order valence-electron chi connectivity index (χ2n) is 16.3. The maximum Gasteiger partial charge on any atom is 0.362 e. The van der Waals surface area contributed by atoms with Gasteiger partial charge in [0.2, 0.25) is 0 Å². The van der Waals surface area contributed by atoms with E-state index in [2.05, 4.69) is 32.1 Å². The van der Waals surface area contributed by atoms with Crippen LogP contribution in [0.5, 0.6) is 0 Å². The number of carbonyl (C=O) groups is 3. The van der Waals surface area contributed by atoms with Gasteiger partial charge in [-0.25, -0.2) is 4.79 Å². The predicted molar refractivity (Wildman–Crippen MR) is 225 cm³/mol. The van der Waals surface area contributed by atoms with Gasteiger partial charge in [0.1, 0.15) is 6.61 Å². The van der Waals surface area contributed by atoms with Gasteiger partial charge in [-0.15, -0.1) is 0 Å². The molecular weight excluding hydrogens is 679 g/mol. The summed E-state index contributed by atoms with van der Waals surface area (Å²) in [6.45, 7) is 4.66. The van der Waals surface area contributed by atoms with Gasteiger partial charge in [0.05, 0.1) is 34.4 Å². The van der Waals surface area contributed by atoms with Gasteiger partial charge in [-0.3, -0.25) is 9.59 Å². The molecule has 8 nitrogen and oxygen atoms in total. The monoisotopic (exact) mass is 765 g/mol. The zero-order valence-electron chi connectivity index (χ0n) is 35.9. The third kappa shape index (κ3) is 35.5. The van der Waals surface area contributed by atoms with Crippen molar-refractivity contribution in [3.8, 4) is 0 Å². The summed E-state index contributed by atoms with van der Waals surface area (Å²) >= 11 is 0. The van der Waals surface area contributed by atoms with Crippen LogP contribution in [0, 0.1) is 0 Å². The second-order valence-corrected chi connectivity index (χ2v) is 16.3. The number of ether oxygens (including phenoxy) is 3. The summed E-state index contributed by atoms with van der Waals surface area (Å²) in [6.07, 6.45) is 41.1. The Bertz CT molecular complexity index is 942. The number of allylic oxidation sites excluding steroid dienone is 4. The predicted octanol–water partition coefficient (Wildman–Crippen LogP) is 12.1. The number of carboxylic acids is 1. The molecule has 0 radical (unpaired) electrons. The molecule has 0 aliphatic heterocycles. The molecule has 0 aliphatic carbocycles. The summed E-state index contributed by atoms with van der Waals surface area (Å²) in [7, 11) is 5.51. The molecule has 8 heteroatoms. The van der Waals surface area contributed by atoms with Crippen molar-refractivity contribution in [2.24, 2.45) is 0 Å². The van der Waals surface area contributed by atoms with Crippen LogP contribution in [0.1, 0.15) is 200 Å². The molecule has 0 amide bonds. The highest BCUT2D eigenvalue weighted by molar-refractivity contribution is 5.72. The lowest BCUT2D eigenvalue weighted by Gasteiger charge is -2.31. The van der Waals surface area contributed by atoms with E-state index in [0.29, 0.717) is 19.3 Å². The molecule has 0 heterocycles. The average molecular weight is 765 g/mol. The Labute approximate surface area is 332 Å². The standard InChI is InChI=1S/C46H85NO7/c1-6-8-10-12-14-16-17-18-19-20-21-22-23-24-25-26-27-28-29-31-32-34-36-44(48)53-41-42(40-52-39-38-43(46(50)51)47(3,4)5)54-45(49)37-35-33-30-15-13-11-9-7-2/h23-24,30,33,42-43H,6-22,25-29,31-32,34-41H2,1-5H3/p+1/b24-23+,33-30+. The van der Waals surface area contributed by atoms with Crippen LogP contribution >= 0.6 is 0 Å². The number of likely N-dealkylation sites (N-methyl/N-ethyl adjacent to an activating group) is 1. The summed E-state index contributed by atoms with van der Waals surface area (Å²) in [6, 6.07) is -0.617. The molecule has 0 fully saturated rings. The highest BCUT2D eigenvalue weighted by Gasteiger charge is 2.31. The van der Waals surface area contributed by atoms with Crippen molar-refractivity contribution in [1.29, 1.82) is 0 Å². The zero-order valence-corrected chi connectivity index (χ0v) is 35.9. The first-order valence-electron chi connectivity index (χ1n) is 22.4. The average Bonchev–Trinajstić information content (AvgIpc) is 3.12. The van der Waals surface area contributed by atoms with Crippen molar-refractivity contribution >= 4 is 17.9 Å². The fraction of sp³-hybridized carbons (Fsp3) is 0.848. The minimum Gasteiger partial charge on any atom is -0.477 e. The topological polar surface area (TPSA) is 99.1 Å². The molecule has 316 valence electrons. The number of esters is 2. The number of quaternary nitrogens is 1. The molecule has 54 heavy (non-hydrogen) atoms. The van der Waals surface area contributed by atoms with Crippen LogP contribution in [0.2, 0.25) is 0 Å². The quantitative estimate of drug-likeness (QED) is 0.0287. The van der Waals surface area contributed by atoms with Crippen LogP contribution < -0.4 is 0 Å². The first-order valence-corrected chi connectivity index (χ1v) is 22.4. The van der Waals surface area contributed by atoms with Crippen LogP contribution in [0.3, 0.4) is 0 Å². The number of unbranched alkanes of at least 4 members (excludes halogenated alkanes) is 22. The number of carbonyl (C=O) groups excluding carboxylic acids is 2. The van der Waals surface area contributed by atoms with E-state index in [-0.39, 0.29) is 42.7 Å². The molecule has 0 aromatic rings. The van der Waals surface area contributed by atoms with E-state index in [1.165, 1.54) is 128 Å². The SMILES string of the molecule is CCCCCC/C=C/CCC(=O)OC(COCCC(C(=O)O)[N+](C)(C)C)COC(=O)CCCCCCCCC/C=C/CCCCCCCCCCCCC. The van der Waals surface area contributed by atoms with E-state index in [0.717, 1.165) is 32.1 Å². The Kier molecular flexibility index (Phi) is 36.2. The lowest BCUT2D eigenvalue weighted by atomic mass is 10.0. The summed E-state index contributed by atoms with van der Waals surface area (Å²) in [5, 5.41) is 9.59. The Morgan fingerprint density at radius 2 is 0.963 bits per heavy atom. The first kappa shape index (κ1) is 51.8. The summed E-state index contributed by atoms with van der Waals surface area (Å²) in [4.78, 5) is 36.8. The summed E-state index contributed by atoms with van der Waals surface area (Å²) in [5.41, 5.74) is 0. The molecule has 2 atom stereocenters. The van der Waals surface area contributed by atoms with Crippen molar-refractivity contribution in [2.75, 3.05) is 41.0 Å². The number of rotatable bonds is 40. The third-order valence-corrected chi connectivity index (χ3v) is 10.1. The zero-order chi connectivity index (χ0) is 40.0. The number of hydrogen-bond acceptors (Lipinski definition) is 6. The van der Waals surface area contributed by atoms with Crippen molar-refractivity contribution in [1.82, 2.24) is 0 Å². The number of hydrogen-bond donors (Lipinski definition) is 1. The van der Waals surface area contributed by atoms with Gasteiger partial charge in [0.15, 0.2) is 12.1 Å². The van der Waals surface area contributed by atoms with Gasteiger partial charge in [-0.2, -0.15) is 0 Å². The van der Waals surface area contributed by atoms with Crippen LogP contribution in [-0.2, 0) is 28.6 Å². The normalized spacial score (nSPS) is 13.1. The smallest absolute Gasteiger partial charge is 0.362 e. The Morgan fingerprint density at radius 3 is 1.43 bits per heavy atom. The molecule has 0 spiro atoms. The first-order chi connectivity index (χ1) is 26.1. The van der Waals surface area contributed by atoms with Gasteiger partial charge in [0, 0.05) is 19.3 Å². The molecule has 0 aliphatic rings. The van der Waals surface area contributed by atoms with E-state index >= 15 is 0 Å². The molecular formula is C46H86NO7+. The largest absolute Gasteiger partial charge is 0.477 e. The highest BCUT2D eigenvalue weighted by atomic mass is 16.6. The molecule has 0 aromatic heterocycles. The maximum absolute atomic E-state index is 12.6. The van der Waals surface area contributed by atoms with Gasteiger partial charge in [-0.1, -0.05) is 154 Å². The molecule has 0 saturated carbocycles. The Balaban J connectivity index is 4.16. The van der Waals surface area contributed by atoms with Gasteiger partial charge in [0.25, 0.3) is 0 Å². The fourth-order valence-electron chi connectivity index (χ4n) is 6.57. The Morgan fingerprint density at radius 1 is 0.537 bits per heavy atom. The van der Waals surface area contributed by atoms with E-state index < -0.39 is 18.1 Å². The lowest BCUT2D eigenvalue weighted by Crippen LogP contribution is -2.50. The summed E-state index contributed by atoms with van der Waals surface area (Å²) in [5.74, 6) is -1.53. The number of carboxylic acid groups (broad SMARTS) is 1. The highest BCUT2D eigenvalue weighted by Crippen LogP contribution is 2.14.